The van der Waals surface area contributed by atoms with Gasteiger partial charge in [0.2, 0.25) is 0 Å². The molecule has 17 heavy (non-hydrogen) atoms. The lowest BCUT2D eigenvalue weighted by molar-refractivity contribution is 0.467. The molecule has 0 fully saturated rings. The molecule has 0 aliphatic rings. The van der Waals surface area contributed by atoms with E-state index in [1.165, 1.54) is 0 Å². The Morgan fingerprint density at radius 2 is 1.71 bits per heavy atom. The fourth-order valence-corrected chi connectivity index (χ4v) is 1.75. The predicted molar refractivity (Wildman–Crippen MR) is 70.7 cm³/mol. The van der Waals surface area contributed by atoms with Crippen molar-refractivity contribution in [2.24, 2.45) is 0 Å². The maximum absolute atomic E-state index is 9.68. The van der Waals surface area contributed by atoms with Crippen LogP contribution in [0.25, 0.3) is 12.2 Å². The van der Waals surface area contributed by atoms with Crippen LogP contribution in [0.2, 0.25) is 0 Å². The molecule has 1 aromatic carbocycles. The molecule has 2 heteroatoms. The smallest absolute Gasteiger partial charge is 0.121 e. The van der Waals surface area contributed by atoms with Crippen LogP contribution in [0.1, 0.15) is 22.3 Å². The monoisotopic (exact) mass is 225 g/mol. The largest absolute Gasteiger partial charge is 0.507 e. The van der Waals surface area contributed by atoms with Gasteiger partial charge in [0, 0.05) is 12.4 Å². The number of hydrogen-bond acceptors (Lipinski definition) is 2. The van der Waals surface area contributed by atoms with Gasteiger partial charge >= 0.3 is 0 Å². The van der Waals surface area contributed by atoms with Crippen LogP contribution in [-0.4, -0.2) is 10.1 Å². The highest BCUT2D eigenvalue weighted by Gasteiger charge is 2.00. The van der Waals surface area contributed by atoms with E-state index in [0.29, 0.717) is 5.75 Å². The first-order valence-electron chi connectivity index (χ1n) is 5.55. The number of rotatable bonds is 2. The van der Waals surface area contributed by atoms with E-state index >= 15 is 0 Å². The van der Waals surface area contributed by atoms with Gasteiger partial charge in [-0.2, -0.15) is 0 Å². The van der Waals surface area contributed by atoms with Crippen molar-refractivity contribution in [3.8, 4) is 5.75 Å². The second-order valence-electron chi connectivity index (χ2n) is 4.12. The summed E-state index contributed by atoms with van der Waals surface area (Å²) in [6.07, 6.45) is 7.61. The highest BCUT2D eigenvalue weighted by Crippen LogP contribution is 2.23. The quantitative estimate of drug-likeness (QED) is 0.847. The Kier molecular flexibility index (Phi) is 3.24. The minimum atomic E-state index is 0.378. The Hall–Kier alpha value is -2.09. The van der Waals surface area contributed by atoms with E-state index < -0.39 is 0 Å². The fourth-order valence-electron chi connectivity index (χ4n) is 1.75. The van der Waals surface area contributed by atoms with E-state index in [2.05, 4.69) is 4.98 Å². The molecular weight excluding hydrogens is 210 g/mol. The summed E-state index contributed by atoms with van der Waals surface area (Å²) < 4.78 is 0. The van der Waals surface area contributed by atoms with Gasteiger partial charge in [-0.15, -0.1) is 0 Å². The van der Waals surface area contributed by atoms with Gasteiger partial charge in [0.15, 0.2) is 0 Å². The Morgan fingerprint density at radius 3 is 2.29 bits per heavy atom. The lowest BCUT2D eigenvalue weighted by Crippen LogP contribution is -1.83. The Bertz CT molecular complexity index is 521. The van der Waals surface area contributed by atoms with Crippen LogP contribution in [-0.2, 0) is 0 Å². The van der Waals surface area contributed by atoms with E-state index in [4.69, 9.17) is 0 Å². The maximum atomic E-state index is 9.68. The van der Waals surface area contributed by atoms with Crippen molar-refractivity contribution < 1.29 is 5.11 Å². The standard InChI is InChI=1S/C15H15NO/c1-11-8-14(9-12(2)15(11)17)6-5-13-4-3-7-16-10-13/h3-10,17H,1-2H3/b6-5+. The molecule has 0 bridgehead atoms. The van der Waals surface area contributed by atoms with E-state index in [9.17, 15) is 5.11 Å². The van der Waals surface area contributed by atoms with Crippen LogP contribution in [0.4, 0.5) is 0 Å². The molecule has 2 nitrogen and oxygen atoms in total. The van der Waals surface area contributed by atoms with Crippen molar-refractivity contribution in [2.75, 3.05) is 0 Å². The third-order valence-corrected chi connectivity index (χ3v) is 2.67. The number of nitrogens with zero attached hydrogens (tertiary/aromatic N) is 1. The number of aromatic nitrogens is 1. The minimum absolute atomic E-state index is 0.378. The third-order valence-electron chi connectivity index (χ3n) is 2.67. The van der Waals surface area contributed by atoms with Crippen LogP contribution in [0, 0.1) is 13.8 Å². The van der Waals surface area contributed by atoms with Crippen LogP contribution < -0.4 is 0 Å². The predicted octanol–water partition coefficient (Wildman–Crippen LogP) is 3.57. The number of aryl methyl sites for hydroxylation is 2. The van der Waals surface area contributed by atoms with E-state index in [0.717, 1.165) is 22.3 Å². The van der Waals surface area contributed by atoms with Gasteiger partial charge in [-0.3, -0.25) is 4.98 Å². The number of benzene rings is 1. The molecule has 2 aromatic rings. The molecule has 1 N–H and O–H groups in total. The Labute approximate surface area is 101 Å². The minimum Gasteiger partial charge on any atom is -0.507 e. The van der Waals surface area contributed by atoms with Crippen LogP contribution in [0.5, 0.6) is 5.75 Å². The Balaban J connectivity index is 2.28. The summed E-state index contributed by atoms with van der Waals surface area (Å²) in [5.74, 6) is 0.378. The first kappa shape index (κ1) is 11.4. The van der Waals surface area contributed by atoms with Gasteiger partial charge in [0.1, 0.15) is 5.75 Å². The van der Waals surface area contributed by atoms with Gasteiger partial charge in [-0.25, -0.2) is 0 Å². The first-order chi connectivity index (χ1) is 8.16. The van der Waals surface area contributed by atoms with Crippen LogP contribution in [0.15, 0.2) is 36.7 Å². The lowest BCUT2D eigenvalue weighted by atomic mass is 10.0. The molecule has 0 atom stereocenters. The number of hydrogen-bond donors (Lipinski definition) is 1. The fraction of sp³-hybridized carbons (Fsp3) is 0.133. The topological polar surface area (TPSA) is 33.1 Å². The summed E-state index contributed by atoms with van der Waals surface area (Å²) in [6, 6.07) is 7.85. The van der Waals surface area contributed by atoms with Crippen molar-refractivity contribution in [3.05, 3.63) is 58.9 Å². The molecule has 1 heterocycles. The third kappa shape index (κ3) is 2.72. The number of phenols is 1. The molecule has 0 amide bonds. The van der Waals surface area contributed by atoms with Crippen molar-refractivity contribution in [3.63, 3.8) is 0 Å². The summed E-state index contributed by atoms with van der Waals surface area (Å²) in [5.41, 5.74) is 3.95. The molecule has 0 saturated carbocycles. The van der Waals surface area contributed by atoms with Crippen molar-refractivity contribution >= 4 is 12.2 Å². The summed E-state index contributed by atoms with van der Waals surface area (Å²) in [4.78, 5) is 4.05. The first-order valence-corrected chi connectivity index (χ1v) is 5.55. The molecule has 1 aromatic heterocycles. The lowest BCUT2D eigenvalue weighted by Gasteiger charge is -2.04. The highest BCUT2D eigenvalue weighted by atomic mass is 16.3. The molecule has 0 saturated heterocycles. The molecule has 0 aliphatic heterocycles. The zero-order valence-corrected chi connectivity index (χ0v) is 10.0. The van der Waals surface area contributed by atoms with Gasteiger partial charge in [-0.1, -0.05) is 18.2 Å². The average Bonchev–Trinajstić information content (AvgIpc) is 2.34. The van der Waals surface area contributed by atoms with Gasteiger partial charge in [0.25, 0.3) is 0 Å². The number of phenolic OH excluding ortho intramolecular Hbond substituents is 1. The summed E-state index contributed by atoms with van der Waals surface area (Å²) in [6.45, 7) is 3.81. The molecular formula is C15H15NO. The SMILES string of the molecule is Cc1cc(/C=C/c2cccnc2)cc(C)c1O. The maximum Gasteiger partial charge on any atom is 0.121 e. The van der Waals surface area contributed by atoms with E-state index in [1.54, 1.807) is 6.20 Å². The van der Waals surface area contributed by atoms with Crippen molar-refractivity contribution in [1.29, 1.82) is 0 Å². The second-order valence-corrected chi connectivity index (χ2v) is 4.12. The number of aromatic hydroxyl groups is 1. The summed E-state index contributed by atoms with van der Waals surface area (Å²) >= 11 is 0. The zero-order chi connectivity index (χ0) is 12.3. The van der Waals surface area contributed by atoms with Gasteiger partial charge < -0.3 is 5.11 Å². The van der Waals surface area contributed by atoms with Gasteiger partial charge in [0.05, 0.1) is 0 Å². The summed E-state index contributed by atoms with van der Waals surface area (Å²) in [5, 5.41) is 9.68. The van der Waals surface area contributed by atoms with E-state index in [1.807, 2.05) is 56.5 Å². The van der Waals surface area contributed by atoms with Gasteiger partial charge in [-0.05, 0) is 54.3 Å². The second kappa shape index (κ2) is 4.83. The molecule has 0 aliphatic carbocycles. The number of pyridine rings is 1. The van der Waals surface area contributed by atoms with Crippen molar-refractivity contribution in [1.82, 2.24) is 4.98 Å². The van der Waals surface area contributed by atoms with E-state index in [-0.39, 0.29) is 0 Å². The highest BCUT2D eigenvalue weighted by molar-refractivity contribution is 5.70. The van der Waals surface area contributed by atoms with Crippen molar-refractivity contribution in [2.45, 2.75) is 13.8 Å². The van der Waals surface area contributed by atoms with Crippen LogP contribution >= 0.6 is 0 Å². The zero-order valence-electron chi connectivity index (χ0n) is 10.0. The molecule has 2 rings (SSSR count). The molecule has 0 unspecified atom stereocenters. The average molecular weight is 225 g/mol. The normalized spacial score (nSPS) is 10.9. The summed E-state index contributed by atoms with van der Waals surface area (Å²) in [7, 11) is 0. The Morgan fingerprint density at radius 1 is 1.06 bits per heavy atom. The molecule has 86 valence electrons. The molecule has 0 spiro atoms. The molecule has 0 radical (unpaired) electrons. The van der Waals surface area contributed by atoms with Crippen LogP contribution in [0.3, 0.4) is 0 Å².